The number of methoxy groups -OCH3 is 1. The van der Waals surface area contributed by atoms with Crippen molar-refractivity contribution in [2.45, 2.75) is 19.6 Å². The summed E-state index contributed by atoms with van der Waals surface area (Å²) in [5.74, 6) is 1.48. The lowest BCUT2D eigenvalue weighted by atomic mass is 10.2. The number of thiophene rings is 1. The number of nitro benzene ring substituents is 1. The van der Waals surface area contributed by atoms with Crippen LogP contribution in [0.4, 0.5) is 5.69 Å². The summed E-state index contributed by atoms with van der Waals surface area (Å²) in [6, 6.07) is 18.4. The first-order valence-electron chi connectivity index (χ1n) is 9.05. The molecule has 0 atom stereocenters. The molecule has 2 N–H and O–H groups in total. The summed E-state index contributed by atoms with van der Waals surface area (Å²) in [4.78, 5) is 16.3. The topological polar surface area (TPSA) is 88.8 Å². The molecule has 0 aliphatic heterocycles. The van der Waals surface area contributed by atoms with Gasteiger partial charge in [0, 0.05) is 23.6 Å². The van der Waals surface area contributed by atoms with Gasteiger partial charge in [-0.15, -0.1) is 11.3 Å². The molecule has 0 radical (unpaired) electrons. The van der Waals surface area contributed by atoms with Gasteiger partial charge in [0.15, 0.2) is 5.96 Å². The Balaban J connectivity index is 1.64. The van der Waals surface area contributed by atoms with Crippen LogP contribution in [0.1, 0.15) is 16.0 Å². The van der Waals surface area contributed by atoms with Crippen molar-refractivity contribution < 1.29 is 9.66 Å². The van der Waals surface area contributed by atoms with Gasteiger partial charge in [0.2, 0.25) is 0 Å². The summed E-state index contributed by atoms with van der Waals surface area (Å²) in [5.41, 5.74) is 2.09. The van der Waals surface area contributed by atoms with Gasteiger partial charge in [-0.05, 0) is 34.7 Å². The maximum absolute atomic E-state index is 10.8. The number of hydrogen-bond acceptors (Lipinski definition) is 5. The molecule has 0 saturated carbocycles. The number of ether oxygens (including phenoxy) is 1. The molecule has 0 aliphatic carbocycles. The summed E-state index contributed by atoms with van der Waals surface area (Å²) < 4.78 is 5.18. The summed E-state index contributed by atoms with van der Waals surface area (Å²) in [6.07, 6.45) is 0. The molecule has 1 heterocycles. The van der Waals surface area contributed by atoms with E-state index in [4.69, 9.17) is 4.74 Å². The van der Waals surface area contributed by atoms with Gasteiger partial charge in [0.1, 0.15) is 5.75 Å². The number of rotatable bonds is 8. The second-order valence-corrected chi connectivity index (χ2v) is 7.26. The van der Waals surface area contributed by atoms with Crippen molar-refractivity contribution in [3.63, 3.8) is 0 Å². The number of hydrogen-bond donors (Lipinski definition) is 2. The van der Waals surface area contributed by atoms with Crippen LogP contribution >= 0.6 is 11.3 Å². The number of guanidine groups is 1. The molecule has 0 amide bonds. The average molecular weight is 410 g/mol. The SMILES string of the molecule is COc1ccc(CN=C(NCc2ccc([N+](=O)[O-])cc2)NCc2cccs2)cc1. The minimum absolute atomic E-state index is 0.0815. The summed E-state index contributed by atoms with van der Waals surface area (Å²) in [6.45, 7) is 1.70. The van der Waals surface area contributed by atoms with Crippen molar-refractivity contribution in [3.05, 3.63) is 92.2 Å². The molecule has 150 valence electrons. The summed E-state index contributed by atoms with van der Waals surface area (Å²) in [7, 11) is 1.64. The quantitative estimate of drug-likeness (QED) is 0.253. The van der Waals surface area contributed by atoms with Crippen molar-refractivity contribution in [2.75, 3.05) is 7.11 Å². The number of nitro groups is 1. The molecule has 0 spiro atoms. The van der Waals surface area contributed by atoms with Crippen molar-refractivity contribution in [3.8, 4) is 5.75 Å². The van der Waals surface area contributed by atoms with E-state index in [1.165, 1.54) is 17.0 Å². The number of nitrogens with zero attached hydrogens (tertiary/aromatic N) is 2. The molecule has 0 bridgehead atoms. The Morgan fingerprint density at radius 2 is 1.72 bits per heavy atom. The van der Waals surface area contributed by atoms with Crippen LogP contribution in [-0.4, -0.2) is 18.0 Å². The highest BCUT2D eigenvalue weighted by Crippen LogP contribution is 2.13. The second kappa shape index (κ2) is 10.2. The fourth-order valence-electron chi connectivity index (χ4n) is 2.58. The number of nitrogens with one attached hydrogen (secondary N) is 2. The fraction of sp³-hybridized carbons (Fsp3) is 0.190. The third-order valence-corrected chi connectivity index (χ3v) is 5.07. The van der Waals surface area contributed by atoms with E-state index in [0.29, 0.717) is 25.6 Å². The molecule has 7 nitrogen and oxygen atoms in total. The number of non-ortho nitro benzene ring substituents is 1. The normalized spacial score (nSPS) is 11.1. The van der Waals surface area contributed by atoms with Crippen LogP contribution in [0.3, 0.4) is 0 Å². The van der Waals surface area contributed by atoms with E-state index in [2.05, 4.69) is 21.7 Å². The second-order valence-electron chi connectivity index (χ2n) is 6.22. The number of benzene rings is 2. The third kappa shape index (κ3) is 6.32. The van der Waals surface area contributed by atoms with Crippen LogP contribution in [0.25, 0.3) is 0 Å². The predicted octanol–water partition coefficient (Wildman–Crippen LogP) is 4.10. The van der Waals surface area contributed by atoms with E-state index in [0.717, 1.165) is 16.9 Å². The zero-order valence-electron chi connectivity index (χ0n) is 16.0. The minimum Gasteiger partial charge on any atom is -0.497 e. The molecular weight excluding hydrogens is 388 g/mol. The number of aliphatic imine (C=N–C) groups is 1. The van der Waals surface area contributed by atoms with Gasteiger partial charge < -0.3 is 15.4 Å². The van der Waals surface area contributed by atoms with Gasteiger partial charge in [-0.25, -0.2) is 4.99 Å². The average Bonchev–Trinajstić information content (AvgIpc) is 3.27. The Bertz CT molecular complexity index is 939. The van der Waals surface area contributed by atoms with E-state index in [1.807, 2.05) is 35.7 Å². The van der Waals surface area contributed by atoms with Crippen LogP contribution in [0.15, 0.2) is 71.0 Å². The van der Waals surface area contributed by atoms with Crippen molar-refractivity contribution in [2.24, 2.45) is 4.99 Å². The lowest BCUT2D eigenvalue weighted by Crippen LogP contribution is -2.36. The lowest BCUT2D eigenvalue weighted by Gasteiger charge is -2.12. The highest BCUT2D eigenvalue weighted by Gasteiger charge is 2.05. The van der Waals surface area contributed by atoms with Gasteiger partial charge in [0.25, 0.3) is 5.69 Å². The van der Waals surface area contributed by atoms with Crippen molar-refractivity contribution in [1.29, 1.82) is 0 Å². The standard InChI is InChI=1S/C21H22N4O3S/c1-28-19-10-6-17(7-11-19)14-23-21(24-15-20-3-2-12-29-20)22-13-16-4-8-18(9-5-16)25(26)27/h2-12H,13-15H2,1H3,(H2,22,23,24). The van der Waals surface area contributed by atoms with Crippen LogP contribution in [-0.2, 0) is 19.6 Å². The highest BCUT2D eigenvalue weighted by molar-refractivity contribution is 7.09. The maximum Gasteiger partial charge on any atom is 0.269 e. The van der Waals surface area contributed by atoms with Gasteiger partial charge >= 0.3 is 0 Å². The molecule has 0 unspecified atom stereocenters. The first-order chi connectivity index (χ1) is 14.1. The fourth-order valence-corrected chi connectivity index (χ4v) is 3.23. The zero-order valence-corrected chi connectivity index (χ0v) is 16.8. The molecule has 0 aliphatic rings. The Labute approximate surface area is 173 Å². The maximum atomic E-state index is 10.8. The van der Waals surface area contributed by atoms with Crippen molar-refractivity contribution in [1.82, 2.24) is 10.6 Å². The summed E-state index contributed by atoms with van der Waals surface area (Å²) >= 11 is 1.68. The molecule has 1 aromatic heterocycles. The third-order valence-electron chi connectivity index (χ3n) is 4.20. The molecular formula is C21H22N4O3S. The van der Waals surface area contributed by atoms with Crippen molar-refractivity contribution >= 4 is 23.0 Å². The Morgan fingerprint density at radius 3 is 2.34 bits per heavy atom. The van der Waals surface area contributed by atoms with Crippen LogP contribution in [0.2, 0.25) is 0 Å². The molecule has 8 heteroatoms. The van der Waals surface area contributed by atoms with Crippen LogP contribution < -0.4 is 15.4 Å². The Morgan fingerprint density at radius 1 is 1.03 bits per heavy atom. The Kier molecular flexibility index (Phi) is 7.18. The van der Waals surface area contributed by atoms with E-state index >= 15 is 0 Å². The van der Waals surface area contributed by atoms with E-state index in [-0.39, 0.29) is 5.69 Å². The zero-order chi connectivity index (χ0) is 20.5. The van der Waals surface area contributed by atoms with Crippen LogP contribution in [0, 0.1) is 10.1 Å². The largest absolute Gasteiger partial charge is 0.497 e. The predicted molar refractivity (Wildman–Crippen MR) is 115 cm³/mol. The molecule has 29 heavy (non-hydrogen) atoms. The molecule has 2 aromatic carbocycles. The monoisotopic (exact) mass is 410 g/mol. The van der Waals surface area contributed by atoms with Crippen LogP contribution in [0.5, 0.6) is 5.75 Å². The molecule has 3 aromatic rings. The van der Waals surface area contributed by atoms with E-state index in [9.17, 15) is 10.1 Å². The minimum atomic E-state index is -0.401. The van der Waals surface area contributed by atoms with E-state index < -0.39 is 4.92 Å². The van der Waals surface area contributed by atoms with Gasteiger partial charge in [0.05, 0.1) is 25.1 Å². The summed E-state index contributed by atoms with van der Waals surface area (Å²) in [5, 5.41) is 19.4. The molecule has 0 saturated heterocycles. The van der Waals surface area contributed by atoms with Gasteiger partial charge in [-0.1, -0.05) is 30.3 Å². The molecule has 0 fully saturated rings. The molecule has 3 rings (SSSR count). The lowest BCUT2D eigenvalue weighted by molar-refractivity contribution is -0.384. The van der Waals surface area contributed by atoms with Gasteiger partial charge in [-0.3, -0.25) is 10.1 Å². The highest BCUT2D eigenvalue weighted by atomic mass is 32.1. The first kappa shape index (κ1) is 20.3. The first-order valence-corrected chi connectivity index (χ1v) is 9.93. The smallest absolute Gasteiger partial charge is 0.269 e. The van der Waals surface area contributed by atoms with E-state index in [1.54, 1.807) is 30.6 Å². The van der Waals surface area contributed by atoms with Gasteiger partial charge in [-0.2, -0.15) is 0 Å². The Hall–Kier alpha value is -3.39.